The van der Waals surface area contributed by atoms with Crippen LogP contribution < -0.4 is 5.32 Å². The van der Waals surface area contributed by atoms with Gasteiger partial charge in [0.05, 0.1) is 5.69 Å². The van der Waals surface area contributed by atoms with E-state index in [1.165, 1.54) is 11.1 Å². The molecule has 0 bridgehead atoms. The van der Waals surface area contributed by atoms with Gasteiger partial charge < -0.3 is 9.84 Å². The van der Waals surface area contributed by atoms with E-state index in [1.807, 2.05) is 0 Å². The Bertz CT molecular complexity index is 585. The van der Waals surface area contributed by atoms with Crippen molar-refractivity contribution in [2.45, 2.75) is 20.4 Å². The summed E-state index contributed by atoms with van der Waals surface area (Å²) in [6.45, 7) is 9.34. The largest absolute Gasteiger partial charge is 0.356 e. The van der Waals surface area contributed by atoms with Crippen LogP contribution in [-0.2, 0) is 6.54 Å². The highest BCUT2D eigenvalue weighted by Gasteiger charge is 2.14. The molecule has 1 aromatic heterocycles. The van der Waals surface area contributed by atoms with Gasteiger partial charge in [-0.25, -0.2) is 0 Å². The molecule has 2 aromatic rings. The lowest BCUT2D eigenvalue weighted by Crippen LogP contribution is -2.42. The molecule has 3 rings (SSSR count). The molecule has 1 fully saturated rings. The minimum atomic E-state index is 0.871. The van der Waals surface area contributed by atoms with Gasteiger partial charge in [0.2, 0.25) is 0 Å². The third kappa shape index (κ3) is 2.92. The maximum atomic E-state index is 5.54. The highest BCUT2D eigenvalue weighted by Crippen LogP contribution is 2.25. The molecule has 1 aromatic carbocycles. The molecule has 1 N–H and O–H groups in total. The van der Waals surface area contributed by atoms with Crippen LogP contribution in [-0.4, -0.2) is 36.2 Å². The summed E-state index contributed by atoms with van der Waals surface area (Å²) >= 11 is 0. The lowest BCUT2D eigenvalue weighted by atomic mass is 10.0. The molecular formula is C16H21N3O. The van der Waals surface area contributed by atoms with Gasteiger partial charge in [0.25, 0.3) is 0 Å². The van der Waals surface area contributed by atoms with Gasteiger partial charge in [-0.15, -0.1) is 0 Å². The van der Waals surface area contributed by atoms with Crippen LogP contribution in [0.15, 0.2) is 28.8 Å². The van der Waals surface area contributed by atoms with Crippen LogP contribution in [0.1, 0.15) is 16.8 Å². The third-order valence-corrected chi connectivity index (χ3v) is 3.81. The highest BCUT2D eigenvalue weighted by molar-refractivity contribution is 5.62. The molecule has 20 heavy (non-hydrogen) atoms. The number of aromatic nitrogens is 1. The van der Waals surface area contributed by atoms with Crippen molar-refractivity contribution < 1.29 is 4.52 Å². The Morgan fingerprint density at radius 3 is 2.80 bits per heavy atom. The molecule has 2 heterocycles. The lowest BCUT2D eigenvalue weighted by molar-refractivity contribution is 0.227. The monoisotopic (exact) mass is 271 g/mol. The molecule has 0 aliphatic carbocycles. The molecule has 0 radical (unpaired) electrons. The van der Waals surface area contributed by atoms with Crippen LogP contribution in [0.2, 0.25) is 0 Å². The summed E-state index contributed by atoms with van der Waals surface area (Å²) in [6.07, 6.45) is 0. The van der Waals surface area contributed by atoms with E-state index in [9.17, 15) is 0 Å². The Morgan fingerprint density at radius 1 is 1.20 bits per heavy atom. The van der Waals surface area contributed by atoms with Gasteiger partial charge in [0.1, 0.15) is 0 Å². The van der Waals surface area contributed by atoms with Crippen LogP contribution in [0.4, 0.5) is 0 Å². The molecule has 106 valence electrons. The van der Waals surface area contributed by atoms with Crippen molar-refractivity contribution in [1.29, 1.82) is 0 Å². The number of aryl methyl sites for hydroxylation is 2. The van der Waals surface area contributed by atoms with E-state index in [1.54, 1.807) is 0 Å². The van der Waals surface area contributed by atoms with Gasteiger partial charge in [-0.2, -0.15) is 0 Å². The summed E-state index contributed by atoms with van der Waals surface area (Å²) in [6, 6.07) is 8.48. The number of nitrogens with one attached hydrogen (secondary N) is 1. The van der Waals surface area contributed by atoms with Gasteiger partial charge in [-0.1, -0.05) is 22.9 Å². The van der Waals surface area contributed by atoms with E-state index < -0.39 is 0 Å². The molecule has 0 spiro atoms. The van der Waals surface area contributed by atoms with Crippen LogP contribution >= 0.6 is 0 Å². The van der Waals surface area contributed by atoms with Gasteiger partial charge >= 0.3 is 0 Å². The summed E-state index contributed by atoms with van der Waals surface area (Å²) in [5.41, 5.74) is 4.62. The first kappa shape index (κ1) is 13.3. The number of hydrogen-bond acceptors (Lipinski definition) is 4. The van der Waals surface area contributed by atoms with Crippen LogP contribution in [0.5, 0.6) is 0 Å². The second-order valence-electron chi connectivity index (χ2n) is 5.53. The van der Waals surface area contributed by atoms with Gasteiger partial charge in [0, 0.05) is 44.4 Å². The summed E-state index contributed by atoms with van der Waals surface area (Å²) in [4.78, 5) is 2.40. The van der Waals surface area contributed by atoms with Crippen LogP contribution in [0.25, 0.3) is 11.3 Å². The molecule has 0 saturated carbocycles. The number of piperazine rings is 1. The SMILES string of the molecule is Cc1ccc(C)c(-c2cc(CN3CCNCC3)no2)c1. The first-order valence-electron chi connectivity index (χ1n) is 7.19. The number of rotatable bonds is 3. The average Bonchev–Trinajstić information content (AvgIpc) is 2.91. The number of hydrogen-bond donors (Lipinski definition) is 1. The molecule has 0 amide bonds. The number of nitrogens with zero attached hydrogens (tertiary/aromatic N) is 2. The van der Waals surface area contributed by atoms with Gasteiger partial charge in [0.15, 0.2) is 5.76 Å². The highest BCUT2D eigenvalue weighted by atomic mass is 16.5. The zero-order valence-electron chi connectivity index (χ0n) is 12.1. The Balaban J connectivity index is 1.77. The van der Waals surface area contributed by atoms with E-state index >= 15 is 0 Å². The molecular weight excluding hydrogens is 250 g/mol. The fraction of sp³-hybridized carbons (Fsp3) is 0.438. The smallest absolute Gasteiger partial charge is 0.167 e. The molecule has 1 saturated heterocycles. The Morgan fingerprint density at radius 2 is 2.00 bits per heavy atom. The zero-order valence-corrected chi connectivity index (χ0v) is 12.1. The Hall–Kier alpha value is -1.65. The number of benzene rings is 1. The molecule has 4 heteroatoms. The molecule has 1 aliphatic heterocycles. The van der Waals surface area contributed by atoms with Crippen molar-refractivity contribution >= 4 is 0 Å². The maximum absolute atomic E-state index is 5.54. The minimum Gasteiger partial charge on any atom is -0.356 e. The standard InChI is InChI=1S/C16H21N3O/c1-12-3-4-13(2)15(9-12)16-10-14(18-20-16)11-19-7-5-17-6-8-19/h3-4,9-10,17H,5-8,11H2,1-2H3. The quantitative estimate of drug-likeness (QED) is 0.930. The summed E-state index contributed by atoms with van der Waals surface area (Å²) in [5, 5.41) is 7.58. The van der Waals surface area contributed by atoms with E-state index in [0.717, 1.165) is 49.7 Å². The topological polar surface area (TPSA) is 41.3 Å². The maximum Gasteiger partial charge on any atom is 0.167 e. The minimum absolute atomic E-state index is 0.871. The molecule has 1 aliphatic rings. The van der Waals surface area contributed by atoms with E-state index in [0.29, 0.717) is 0 Å². The lowest BCUT2D eigenvalue weighted by Gasteiger charge is -2.25. The second-order valence-corrected chi connectivity index (χ2v) is 5.53. The second kappa shape index (κ2) is 5.77. The van der Waals surface area contributed by atoms with Crippen molar-refractivity contribution in [2.24, 2.45) is 0 Å². The molecule has 4 nitrogen and oxygen atoms in total. The molecule has 0 atom stereocenters. The van der Waals surface area contributed by atoms with E-state index in [-0.39, 0.29) is 0 Å². The van der Waals surface area contributed by atoms with Crippen molar-refractivity contribution in [3.63, 3.8) is 0 Å². The van der Waals surface area contributed by atoms with Gasteiger partial charge in [-0.05, 0) is 25.5 Å². The zero-order chi connectivity index (χ0) is 13.9. The van der Waals surface area contributed by atoms with E-state index in [2.05, 4.69) is 53.5 Å². The predicted octanol–water partition coefficient (Wildman–Crippen LogP) is 2.36. The summed E-state index contributed by atoms with van der Waals surface area (Å²) in [7, 11) is 0. The Kier molecular flexibility index (Phi) is 3.85. The molecule has 0 unspecified atom stereocenters. The Labute approximate surface area is 119 Å². The van der Waals surface area contributed by atoms with Crippen molar-refractivity contribution in [1.82, 2.24) is 15.4 Å². The predicted molar refractivity (Wildman–Crippen MR) is 79.6 cm³/mol. The van der Waals surface area contributed by atoms with Crippen LogP contribution in [0, 0.1) is 13.8 Å². The fourth-order valence-electron chi connectivity index (χ4n) is 2.61. The van der Waals surface area contributed by atoms with Crippen LogP contribution in [0.3, 0.4) is 0 Å². The van der Waals surface area contributed by atoms with E-state index in [4.69, 9.17) is 4.52 Å². The average molecular weight is 271 g/mol. The van der Waals surface area contributed by atoms with Gasteiger partial charge in [-0.3, -0.25) is 4.90 Å². The van der Waals surface area contributed by atoms with Crippen molar-refractivity contribution in [2.75, 3.05) is 26.2 Å². The first-order valence-corrected chi connectivity index (χ1v) is 7.19. The third-order valence-electron chi connectivity index (χ3n) is 3.81. The van der Waals surface area contributed by atoms with Crippen molar-refractivity contribution in [3.05, 3.63) is 41.1 Å². The fourth-order valence-corrected chi connectivity index (χ4v) is 2.61. The summed E-state index contributed by atoms with van der Waals surface area (Å²) in [5.74, 6) is 0.872. The summed E-state index contributed by atoms with van der Waals surface area (Å²) < 4.78 is 5.54. The normalized spacial score (nSPS) is 16.5. The van der Waals surface area contributed by atoms with Crippen molar-refractivity contribution in [3.8, 4) is 11.3 Å². The first-order chi connectivity index (χ1) is 9.72.